The fourth-order valence-electron chi connectivity index (χ4n) is 12.1. The Kier molecular flexibility index (Phi) is 38.2. The van der Waals surface area contributed by atoms with Gasteiger partial charge in [-0.15, -0.1) is 0 Å². The van der Waals surface area contributed by atoms with Crippen molar-refractivity contribution in [1.82, 2.24) is 124 Å². The summed E-state index contributed by atoms with van der Waals surface area (Å²) in [5, 5.41) is 26.8. The molecule has 0 unspecified atom stereocenters. The third-order valence-corrected chi connectivity index (χ3v) is 19.0. The van der Waals surface area contributed by atoms with Gasteiger partial charge in [-0.05, 0) is 60.4 Å². The summed E-state index contributed by atoms with van der Waals surface area (Å²) in [7, 11) is 0. The molecule has 6 aromatic rings. The predicted molar refractivity (Wildman–Crippen MR) is 446 cm³/mol. The lowest BCUT2D eigenvalue weighted by Crippen LogP contribution is -2.51. The molecule has 1 atom stereocenters. The molecule has 55 heteroatoms. The van der Waals surface area contributed by atoms with Crippen molar-refractivity contribution in [2.75, 3.05) is 124 Å². The summed E-state index contributed by atoms with van der Waals surface area (Å²) in [5.74, 6) is -15.0. The van der Waals surface area contributed by atoms with Crippen molar-refractivity contribution in [3.63, 3.8) is 0 Å². The maximum Gasteiger partial charge on any atom is 0.352 e. The minimum absolute atomic E-state index is 0.0118. The second-order valence-electron chi connectivity index (χ2n) is 29.1. The average Bonchev–Trinajstić information content (AvgIpc) is 0.848. The zero-order chi connectivity index (χ0) is 95.8. The van der Waals surface area contributed by atoms with Crippen LogP contribution in [0, 0.1) is 34.6 Å². The van der Waals surface area contributed by atoms with Crippen molar-refractivity contribution >= 4 is 88.7 Å². The van der Waals surface area contributed by atoms with E-state index in [1.165, 1.54) is 34.6 Å². The lowest BCUT2D eigenvalue weighted by molar-refractivity contribution is -0.138. The summed E-state index contributed by atoms with van der Waals surface area (Å²) in [4.78, 5) is 370. The number of aromatic amines is 6. The molecule has 0 saturated carbocycles. The highest BCUT2D eigenvalue weighted by Crippen LogP contribution is 2.06. The second kappa shape index (κ2) is 48.4. The van der Waals surface area contributed by atoms with E-state index in [-0.39, 0.29) is 47.3 Å². The van der Waals surface area contributed by atoms with Gasteiger partial charge in [-0.25, -0.2) is 33.6 Å². The zero-order valence-corrected chi connectivity index (χ0v) is 70.8. The first kappa shape index (κ1) is 102. The van der Waals surface area contributed by atoms with Crippen molar-refractivity contribution in [3.05, 3.63) is 196 Å². The lowest BCUT2D eigenvalue weighted by Gasteiger charge is -2.26. The minimum Gasteiger partial charge on any atom is -0.477 e. The normalized spacial score (nSPS) is 11.1. The molecule has 0 radical (unpaired) electrons. The lowest BCUT2D eigenvalue weighted by atomic mass is 10.1. The molecule has 129 heavy (non-hydrogen) atoms. The summed E-state index contributed by atoms with van der Waals surface area (Å²) in [6.45, 7) is -8.51. The second-order valence-corrected chi connectivity index (χ2v) is 29.1. The largest absolute Gasteiger partial charge is 0.477 e. The first-order chi connectivity index (χ1) is 60.8. The van der Waals surface area contributed by atoms with E-state index < -0.39 is 318 Å². The molecule has 0 aliphatic heterocycles. The van der Waals surface area contributed by atoms with Gasteiger partial charge in [-0.2, -0.15) is 0 Å². The molecule has 18 N–H and O–H groups in total. The number of primary amides is 1. The summed E-state index contributed by atoms with van der Waals surface area (Å²) >= 11 is 0. The van der Waals surface area contributed by atoms with E-state index in [2.05, 4.69) is 37.2 Å². The molecule has 6 aromatic heterocycles. The molecule has 55 nitrogen and oxygen atoms in total. The van der Waals surface area contributed by atoms with Crippen molar-refractivity contribution < 1.29 is 77.0 Å². The molecule has 0 bridgehead atoms. The van der Waals surface area contributed by atoms with Gasteiger partial charge in [0, 0.05) is 150 Å². The molecule has 0 fully saturated rings. The SMILES string of the molecule is CC(=O)NCCN(CC(=O)NCCN(CC(=O)NCCN(CC(=O)NCCN(CC(=O)NCCN(CC(=O)NCCN(CC(=O)N[C@@H](CCCCN)C(N)=O)C(=O)Cn1cc(C)c(=O)[nH]c1=O)C(=O)Cn1cc(C)c(=O)[nH]c1=O)C(=O)Cn1cc(C)c(=O)[nH]c1=O)C(=O)Cn1cc(C)c(=O)[nH]c1=O)C(=O)Cn1cc(C)c(=O)[nH]c1=O)C(=O)Cn1c(C(=O)O)cc(=O)[nH]c1=O. The van der Waals surface area contributed by atoms with Crippen LogP contribution in [0.2, 0.25) is 0 Å². The Morgan fingerprint density at radius 2 is 0.605 bits per heavy atom. The summed E-state index contributed by atoms with van der Waals surface area (Å²) in [5.41, 5.74) is -1.41. The van der Waals surface area contributed by atoms with Gasteiger partial charge in [-0.3, -0.25) is 153 Å². The van der Waals surface area contributed by atoms with Crippen LogP contribution in [-0.2, 0) is 106 Å². The number of carbonyl (C=O) groups is 15. The van der Waals surface area contributed by atoms with Crippen LogP contribution in [0.4, 0.5) is 0 Å². The standard InChI is InChI=1S/C74H99N27O28/c1-41-24-96(69(124)85-63(41)117)35-56(110)90(30-51(105)80-14-20-92(58(112)37-98-26-43(3)65(119)87-71(98)126)32-53(107)82-16-22-95(34-55(109)83-47(62(76)116)9-7-8-10-75)60(114)39-100-28-45(5)67(121)89-73(100)128)18-12-78-50(104)29-91(57(111)36-97-25-42(2)64(118)86-70(97)125)19-13-79-52(106)31-93(59(113)38-99-27-44(4)66(120)88-72(99)127)21-15-81-54(108)33-94(17-11-77-46(6)102)61(115)40-101-48(68(122)123)23-49(103)84-74(101)129/h23-28,47H,7-22,29-40,75H2,1-6H3,(H2,76,116)(H,77,102)(H,78,104)(H,79,106)(H,80,105)(H,81,108)(H,82,107)(H,83,109)(H,122,123)(H,84,103,129)(H,85,117,124)(H,86,118,125)(H,87,119,126)(H,88,120,127)(H,89,121,128)/t47-/m0/s1. The van der Waals surface area contributed by atoms with E-state index in [9.17, 15) is 135 Å². The molecule has 0 saturated heterocycles. The van der Waals surface area contributed by atoms with Crippen LogP contribution in [-0.4, -0.2) is 311 Å². The van der Waals surface area contributed by atoms with Crippen LogP contribution in [0.5, 0.6) is 0 Å². The molecule has 0 aromatic carbocycles. The van der Waals surface area contributed by atoms with Crippen LogP contribution in [0.3, 0.4) is 0 Å². The molecule has 0 aliphatic rings. The highest BCUT2D eigenvalue weighted by atomic mass is 16.4. The Morgan fingerprint density at radius 3 is 0.845 bits per heavy atom. The third-order valence-electron chi connectivity index (χ3n) is 19.0. The number of hydrogen-bond donors (Lipinski definition) is 16. The molecule has 6 rings (SSSR count). The number of nitrogens with zero attached hydrogens (tertiary/aromatic N) is 12. The van der Waals surface area contributed by atoms with Crippen LogP contribution in [0.15, 0.2) is 94.6 Å². The maximum atomic E-state index is 14.2. The summed E-state index contributed by atoms with van der Waals surface area (Å²) in [6, 6.07) is -0.663. The van der Waals surface area contributed by atoms with Gasteiger partial charge in [0.2, 0.25) is 82.7 Å². The minimum atomic E-state index is -1.77. The third kappa shape index (κ3) is 32.3. The number of nitrogens with two attached hydrogens (primary N) is 2. The first-order valence-corrected chi connectivity index (χ1v) is 39.4. The van der Waals surface area contributed by atoms with Crippen LogP contribution < -0.4 is 116 Å². The Morgan fingerprint density at radius 1 is 0.357 bits per heavy atom. The van der Waals surface area contributed by atoms with Crippen molar-refractivity contribution in [2.24, 2.45) is 11.5 Å². The number of aromatic nitrogens is 12. The molecule has 698 valence electrons. The van der Waals surface area contributed by atoms with Gasteiger partial charge >= 0.3 is 40.1 Å². The number of carboxylic acid groups (broad SMARTS) is 1. The van der Waals surface area contributed by atoms with E-state index in [4.69, 9.17) is 11.5 Å². The fourth-order valence-corrected chi connectivity index (χ4v) is 12.1. The van der Waals surface area contributed by atoms with Gasteiger partial charge in [-0.1, -0.05) is 0 Å². The topological polar surface area (TPSA) is 761 Å². The molecule has 0 spiro atoms. The number of carbonyl (C=O) groups excluding carboxylic acids is 14. The van der Waals surface area contributed by atoms with Gasteiger partial charge in [0.1, 0.15) is 51.0 Å². The molecule has 0 aliphatic carbocycles. The number of amides is 14. The summed E-state index contributed by atoms with van der Waals surface area (Å²) < 4.78 is 4.42. The molecular weight excluding hydrogens is 1710 g/mol. The van der Waals surface area contributed by atoms with Crippen molar-refractivity contribution in [2.45, 2.75) is 106 Å². The van der Waals surface area contributed by atoms with E-state index >= 15 is 0 Å². The first-order valence-electron chi connectivity index (χ1n) is 39.4. The number of aromatic carboxylic acids is 1. The number of hydrogen-bond acceptors (Lipinski definition) is 28. The zero-order valence-electron chi connectivity index (χ0n) is 70.8. The van der Waals surface area contributed by atoms with Gasteiger partial charge in [0.25, 0.3) is 33.4 Å². The fraction of sp³-hybridized carbons (Fsp3) is 0.473. The smallest absolute Gasteiger partial charge is 0.352 e. The number of rotatable bonds is 49. The van der Waals surface area contributed by atoms with E-state index in [1.54, 1.807) is 0 Å². The Balaban J connectivity index is 1.19. The van der Waals surface area contributed by atoms with Gasteiger partial charge in [0.05, 0.1) is 39.3 Å². The van der Waals surface area contributed by atoms with Crippen LogP contribution in [0.25, 0.3) is 0 Å². The Bertz CT molecular complexity index is 6040. The maximum absolute atomic E-state index is 14.2. The Labute approximate surface area is 724 Å². The number of H-pyrrole nitrogens is 6. The molecule has 6 heterocycles. The van der Waals surface area contributed by atoms with Crippen LogP contribution in [0.1, 0.15) is 64.5 Å². The van der Waals surface area contributed by atoms with Gasteiger partial charge in [0.15, 0.2) is 0 Å². The average molecular weight is 1810 g/mol. The van der Waals surface area contributed by atoms with Crippen LogP contribution >= 0.6 is 0 Å². The Hall–Kier alpha value is -15.9. The molecular formula is C74H99N27O28. The summed E-state index contributed by atoms with van der Waals surface area (Å²) in [6.07, 6.45) is 6.17. The van der Waals surface area contributed by atoms with E-state index in [0.717, 1.165) is 90.1 Å². The highest BCUT2D eigenvalue weighted by molar-refractivity contribution is 5.91. The number of carboxylic acids is 1. The van der Waals surface area contributed by atoms with Crippen molar-refractivity contribution in [3.8, 4) is 0 Å². The number of aryl methyl sites for hydroxylation is 5. The highest BCUT2D eigenvalue weighted by Gasteiger charge is 2.29. The monoisotopic (exact) mass is 1810 g/mol. The van der Waals surface area contributed by atoms with E-state index in [0.29, 0.717) is 23.5 Å². The molecule has 14 amide bonds. The quantitative estimate of drug-likeness (QED) is 0.0158. The predicted octanol–water partition coefficient (Wildman–Crippen LogP) is -14.7. The van der Waals surface area contributed by atoms with Crippen molar-refractivity contribution in [1.29, 1.82) is 0 Å². The van der Waals surface area contributed by atoms with Gasteiger partial charge < -0.3 is 83.2 Å². The van der Waals surface area contributed by atoms with E-state index in [1.807, 2.05) is 29.9 Å². The number of unbranched alkanes of at least 4 members (excludes halogenated alkanes) is 1. The number of nitrogens with one attached hydrogen (secondary N) is 13.